The van der Waals surface area contributed by atoms with E-state index >= 15 is 0 Å². The van der Waals surface area contributed by atoms with Gasteiger partial charge < -0.3 is 4.98 Å². The van der Waals surface area contributed by atoms with Gasteiger partial charge in [0.2, 0.25) is 0 Å². The molecule has 2 aromatic rings. The van der Waals surface area contributed by atoms with Crippen molar-refractivity contribution >= 4 is 56.3 Å². The van der Waals surface area contributed by atoms with Gasteiger partial charge in [-0.05, 0) is 51.0 Å². The Labute approximate surface area is 191 Å². The van der Waals surface area contributed by atoms with Crippen LogP contribution in [0.3, 0.4) is 0 Å². The van der Waals surface area contributed by atoms with Crippen LogP contribution in [0.1, 0.15) is 34.6 Å². The van der Waals surface area contributed by atoms with E-state index in [4.69, 9.17) is 0 Å². The molecule has 0 unspecified atom stereocenters. The minimum atomic E-state index is -2.17. The summed E-state index contributed by atoms with van der Waals surface area (Å²) in [4.78, 5) is 4.07. The summed E-state index contributed by atoms with van der Waals surface area (Å²) >= 11 is 0. The quantitative estimate of drug-likeness (QED) is 0.611. The monoisotopic (exact) mass is 365 g/mol. The zero-order valence-corrected chi connectivity index (χ0v) is 17.3. The molecule has 0 heterocycles. The molecule has 0 amide bonds. The van der Waals surface area contributed by atoms with Crippen LogP contribution in [-0.2, 0) is 0 Å². The second kappa shape index (κ2) is 11.3. The molecule has 27 heavy (non-hydrogen) atoms. The van der Waals surface area contributed by atoms with E-state index in [1.165, 1.54) is 15.9 Å². The van der Waals surface area contributed by atoms with E-state index in [1.807, 2.05) is 0 Å². The summed E-state index contributed by atoms with van der Waals surface area (Å²) in [5.74, 6) is 0. The van der Waals surface area contributed by atoms with Crippen LogP contribution in [0.25, 0.3) is 0 Å². The van der Waals surface area contributed by atoms with Gasteiger partial charge in [-0.25, -0.2) is 0 Å². The van der Waals surface area contributed by atoms with Crippen molar-refractivity contribution in [1.82, 2.24) is 4.98 Å². The first-order chi connectivity index (χ1) is 11.7. The Morgan fingerprint density at radius 1 is 0.889 bits per heavy atom. The summed E-state index contributed by atoms with van der Waals surface area (Å²) in [7, 11) is -2.17. The van der Waals surface area contributed by atoms with Gasteiger partial charge in [0, 0.05) is 5.54 Å². The van der Waals surface area contributed by atoms with Gasteiger partial charge in [-0.15, -0.1) is 0 Å². The molecule has 0 fully saturated rings. The number of allylic oxidation sites excluding steroid dienone is 3. The molecule has 1 nitrogen and oxygen atoms in total. The van der Waals surface area contributed by atoms with Crippen molar-refractivity contribution in [1.29, 1.82) is 0 Å². The minimum absolute atomic E-state index is 0. The molecule has 0 aromatic heterocycles. The van der Waals surface area contributed by atoms with Gasteiger partial charge in [0.05, 0.1) is 0 Å². The molecule has 0 radical (unpaired) electrons. The number of hydrogen-bond acceptors (Lipinski definition) is 1. The van der Waals surface area contributed by atoms with Crippen molar-refractivity contribution in [3.8, 4) is 0 Å². The topological polar surface area (TPSA) is 12.0 Å². The molecule has 1 N–H and O–H groups in total. The number of rotatable bonds is 6. The summed E-state index contributed by atoms with van der Waals surface area (Å²) in [5.41, 5.74) is 2.52. The van der Waals surface area contributed by atoms with E-state index in [0.29, 0.717) is 0 Å². The maximum absolute atomic E-state index is 4.07. The third-order valence-corrected chi connectivity index (χ3v) is 9.06. The van der Waals surface area contributed by atoms with Crippen molar-refractivity contribution < 1.29 is 0 Å². The zero-order valence-electron chi connectivity index (χ0n) is 16.3. The fourth-order valence-electron chi connectivity index (χ4n) is 3.53. The first-order valence-electron chi connectivity index (χ1n) is 8.96. The van der Waals surface area contributed by atoms with Crippen molar-refractivity contribution in [2.75, 3.05) is 0 Å². The fraction of sp³-hybridized carbons (Fsp3) is 0.304. The van der Waals surface area contributed by atoms with E-state index < -0.39 is 8.24 Å². The normalized spacial score (nSPS) is 12.0. The van der Waals surface area contributed by atoms with Crippen molar-refractivity contribution in [2.24, 2.45) is 0 Å². The van der Waals surface area contributed by atoms with Gasteiger partial charge in [-0.1, -0.05) is 84.5 Å². The molecule has 0 aliphatic heterocycles. The molecule has 136 valence electrons. The summed E-state index contributed by atoms with van der Waals surface area (Å²) in [6, 6.07) is 23.0. The maximum atomic E-state index is 4.07. The van der Waals surface area contributed by atoms with E-state index in [1.54, 1.807) is 0 Å². The van der Waals surface area contributed by atoms with Crippen LogP contribution >= 0.6 is 0 Å². The molecule has 2 rings (SSSR count). The molecule has 0 saturated heterocycles. The first-order valence-corrected chi connectivity index (χ1v) is 11.2. The number of hydrogen-bond donors (Lipinski definition) is 1. The number of benzene rings is 2. The molecule has 2 aromatic carbocycles. The molecule has 0 bridgehead atoms. The Morgan fingerprint density at radius 2 is 1.30 bits per heavy atom. The Kier molecular flexibility index (Phi) is 11.0. The van der Waals surface area contributed by atoms with E-state index in [-0.39, 0.29) is 43.3 Å². The third kappa shape index (κ3) is 7.67. The van der Waals surface area contributed by atoms with Crippen LogP contribution in [0.4, 0.5) is 0 Å². The van der Waals surface area contributed by atoms with Crippen molar-refractivity contribution in [3.05, 3.63) is 84.5 Å². The predicted octanol–water partition coefficient (Wildman–Crippen LogP) is 3.36. The molecule has 0 saturated carbocycles. The average molecular weight is 365 g/mol. The van der Waals surface area contributed by atoms with Gasteiger partial charge in [-0.3, -0.25) is 0 Å². The van der Waals surface area contributed by atoms with Crippen LogP contribution in [0, 0.1) is 0 Å². The van der Waals surface area contributed by atoms with Crippen LogP contribution in [0.2, 0.25) is 6.04 Å². The second-order valence-corrected chi connectivity index (χ2v) is 11.6. The zero-order chi connectivity index (χ0) is 18.5. The molecular formula is C23H33Li2NSi. The Bertz CT molecular complexity index is 694. The molecule has 0 atom stereocenters. The van der Waals surface area contributed by atoms with Gasteiger partial charge in [0.1, 0.15) is 0 Å². The number of nitrogens with one attached hydrogen (secondary N) is 1. The molecule has 0 aliphatic carbocycles. The summed E-state index contributed by atoms with van der Waals surface area (Å²) in [5, 5.41) is 2.84. The van der Waals surface area contributed by atoms with Gasteiger partial charge in [-0.2, -0.15) is 0 Å². The first kappa shape index (κ1) is 26.3. The Morgan fingerprint density at radius 3 is 1.63 bits per heavy atom. The van der Waals surface area contributed by atoms with E-state index in [0.717, 1.165) is 11.6 Å². The van der Waals surface area contributed by atoms with Crippen LogP contribution < -0.4 is 15.4 Å². The van der Waals surface area contributed by atoms with Crippen molar-refractivity contribution in [2.45, 2.75) is 46.2 Å². The SMILES string of the molecule is C=C(C)C=C(C)C[Si](NC(C)(C)C)(c1ccccc1)c1ccccc1.[LiH].[LiH]. The van der Waals surface area contributed by atoms with E-state index in [2.05, 4.69) is 113 Å². The fourth-order valence-corrected chi connectivity index (χ4v) is 8.40. The Balaban J connectivity index is 0.00000338. The molecule has 0 aliphatic rings. The van der Waals surface area contributed by atoms with Gasteiger partial charge in [0.15, 0.2) is 8.24 Å². The third-order valence-electron chi connectivity index (χ3n) is 4.16. The molecule has 0 spiro atoms. The van der Waals surface area contributed by atoms with Crippen LogP contribution in [-0.4, -0.2) is 51.5 Å². The molecule has 4 heteroatoms. The molecular weight excluding hydrogens is 332 g/mol. The average Bonchev–Trinajstić information content (AvgIpc) is 2.54. The summed E-state index contributed by atoms with van der Waals surface area (Å²) in [6.45, 7) is 15.1. The van der Waals surface area contributed by atoms with Crippen molar-refractivity contribution in [3.63, 3.8) is 0 Å². The van der Waals surface area contributed by atoms with E-state index in [9.17, 15) is 0 Å². The van der Waals surface area contributed by atoms with Crippen LogP contribution in [0.5, 0.6) is 0 Å². The standard InChI is InChI=1S/C23H31NSi.2Li.2H/c1-19(2)17-20(3)18-25(24-23(4,5)6,21-13-9-7-10-14-21)22-15-11-8-12-16-22;;;;/h7-17,24H,1,18H2,2-6H3;;;;. The van der Waals surface area contributed by atoms with Gasteiger partial charge >= 0.3 is 37.7 Å². The summed E-state index contributed by atoms with van der Waals surface area (Å²) < 4.78 is 0. The van der Waals surface area contributed by atoms with Crippen LogP contribution in [0.15, 0.2) is 84.5 Å². The second-order valence-electron chi connectivity index (χ2n) is 8.03. The Hall–Kier alpha value is -0.708. The summed E-state index contributed by atoms with van der Waals surface area (Å²) in [6.07, 6.45) is 2.22. The predicted molar refractivity (Wildman–Crippen MR) is 128 cm³/mol. The van der Waals surface area contributed by atoms with Gasteiger partial charge in [0.25, 0.3) is 0 Å².